The van der Waals surface area contributed by atoms with Crippen LogP contribution in [0.4, 0.5) is 0 Å². The number of hydrogen-bond donors (Lipinski definition) is 0. The summed E-state index contributed by atoms with van der Waals surface area (Å²) in [5.41, 5.74) is 1.31. The number of carbonyl (C=O) groups excluding carboxylic acids is 3. The van der Waals surface area contributed by atoms with Crippen molar-refractivity contribution in [3.63, 3.8) is 0 Å². The molecule has 0 aromatic heterocycles. The standard InChI is InChI=1S/C79H140O4/c1-9-12-15-18-21-24-27-30-32-35-37-40-43-46-49-55-72(80)76-74(83-75(82)57-51-48-45-42-39-36-33-31-28-25-22-19-16-13-10-2)64-67-58-59-68-70-61-60-69(66(6)54-52-53-65(4)5)78(70,7)63-62-71(68)79(67,8)77(76)73(81)56-50-47-44-41-38-34-29-26-23-20-17-14-11-3/h30-33,58,65-66,68-71,74,76-77H,9-29,34-57,59-64H2,1-8H3/b32-30-,33-31-/t66-,68+,69-,70+,71+,74-,76?,77?,78-,79+/m1/s1. The molecule has 0 radical (unpaired) electrons. The van der Waals surface area contributed by atoms with Crippen LogP contribution in [-0.2, 0) is 19.1 Å². The van der Waals surface area contributed by atoms with E-state index in [-0.39, 0.29) is 17.2 Å². The zero-order chi connectivity index (χ0) is 59.8. The van der Waals surface area contributed by atoms with Crippen molar-refractivity contribution in [2.75, 3.05) is 0 Å². The largest absolute Gasteiger partial charge is 0.461 e. The Hall–Kier alpha value is -1.97. The van der Waals surface area contributed by atoms with Crippen molar-refractivity contribution >= 4 is 17.5 Å². The van der Waals surface area contributed by atoms with Gasteiger partial charge in [0.15, 0.2) is 0 Å². The molecule has 0 bridgehead atoms. The molecule has 0 amide bonds. The molecule has 4 heteroatoms. The van der Waals surface area contributed by atoms with E-state index in [0.29, 0.717) is 54.6 Å². The van der Waals surface area contributed by atoms with E-state index in [1.165, 1.54) is 230 Å². The predicted molar refractivity (Wildman–Crippen MR) is 360 cm³/mol. The van der Waals surface area contributed by atoms with Crippen molar-refractivity contribution in [2.24, 2.45) is 58.2 Å². The van der Waals surface area contributed by atoms with Gasteiger partial charge >= 0.3 is 5.97 Å². The second-order valence-corrected chi connectivity index (χ2v) is 29.5. The fourth-order valence-electron chi connectivity index (χ4n) is 17.4. The molecule has 0 N–H and O–H groups in total. The first-order valence-corrected chi connectivity index (χ1v) is 37.7. The third-order valence-electron chi connectivity index (χ3n) is 22.4. The predicted octanol–water partition coefficient (Wildman–Crippen LogP) is 25.1. The quantitative estimate of drug-likeness (QED) is 0.0346. The third-order valence-corrected chi connectivity index (χ3v) is 22.4. The zero-order valence-corrected chi connectivity index (χ0v) is 56.8. The van der Waals surface area contributed by atoms with Crippen LogP contribution in [0.1, 0.15) is 383 Å². The summed E-state index contributed by atoms with van der Waals surface area (Å²) in [5, 5.41) is 0. The minimum Gasteiger partial charge on any atom is -0.461 e. The van der Waals surface area contributed by atoms with Gasteiger partial charge in [-0.3, -0.25) is 14.4 Å². The first-order chi connectivity index (χ1) is 40.4. The van der Waals surface area contributed by atoms with E-state index in [1.54, 1.807) is 0 Å². The molecule has 3 saturated carbocycles. The number of hydrogen-bond acceptors (Lipinski definition) is 4. The van der Waals surface area contributed by atoms with E-state index in [1.807, 2.05) is 0 Å². The number of carbonyl (C=O) groups is 3. The lowest BCUT2D eigenvalue weighted by Crippen LogP contribution is -2.60. The summed E-state index contributed by atoms with van der Waals surface area (Å²) in [5.74, 6) is 3.27. The van der Waals surface area contributed by atoms with Gasteiger partial charge in [-0.25, -0.2) is 0 Å². The number of ether oxygens (including phenoxy) is 1. The average Bonchev–Trinajstić information content (AvgIpc) is 2.10. The van der Waals surface area contributed by atoms with Gasteiger partial charge in [0.1, 0.15) is 17.7 Å². The number of allylic oxidation sites excluding steroid dienone is 5. The fraction of sp³-hybridized carbons (Fsp3) is 0.886. The molecule has 0 heterocycles. The van der Waals surface area contributed by atoms with Crippen molar-refractivity contribution < 1.29 is 19.1 Å². The topological polar surface area (TPSA) is 60.4 Å². The van der Waals surface area contributed by atoms with Gasteiger partial charge in [-0.05, 0) is 144 Å². The van der Waals surface area contributed by atoms with Crippen molar-refractivity contribution in [3.05, 3.63) is 36.0 Å². The number of ketones is 2. The van der Waals surface area contributed by atoms with E-state index < -0.39 is 17.9 Å². The molecule has 0 saturated heterocycles. The SMILES string of the molecule is CCCCCCCC/C=C\CCCCCCCC(=O)O[C@@H]1CC2=CC[C@H]3[C@@H]4CC[C@H]([C@H](C)CCCC(C)C)[C@@]4(C)CC[C@@H]3[C@@]2(C)C(C(=O)CCCCCCCCCCCCCCC)C1C(=O)CCCCCCC/C=C\CCCCCCCC. The van der Waals surface area contributed by atoms with Crippen LogP contribution in [0.3, 0.4) is 0 Å². The van der Waals surface area contributed by atoms with Gasteiger partial charge in [-0.1, -0.05) is 290 Å². The summed E-state index contributed by atoms with van der Waals surface area (Å²) in [7, 11) is 0. The Balaban J connectivity index is 1.47. The van der Waals surface area contributed by atoms with Gasteiger partial charge in [0.2, 0.25) is 0 Å². The number of esters is 1. The molecule has 4 rings (SSSR count). The maximum atomic E-state index is 15.7. The molecular weight excluding hydrogens is 1010 g/mol. The minimum atomic E-state index is -0.550. The first kappa shape index (κ1) is 73.5. The van der Waals surface area contributed by atoms with Crippen molar-refractivity contribution in [3.8, 4) is 0 Å². The maximum Gasteiger partial charge on any atom is 0.306 e. The molecule has 480 valence electrons. The van der Waals surface area contributed by atoms with Crippen molar-refractivity contribution in [1.82, 2.24) is 0 Å². The van der Waals surface area contributed by atoms with Crippen LogP contribution < -0.4 is 0 Å². The lowest BCUT2D eigenvalue weighted by atomic mass is 9.42. The Bertz CT molecular complexity index is 1770. The maximum absolute atomic E-state index is 15.7. The smallest absolute Gasteiger partial charge is 0.306 e. The highest BCUT2D eigenvalue weighted by molar-refractivity contribution is 5.92. The summed E-state index contributed by atoms with van der Waals surface area (Å²) in [6.45, 7) is 19.3. The second-order valence-electron chi connectivity index (χ2n) is 29.5. The lowest BCUT2D eigenvalue weighted by molar-refractivity contribution is -0.169. The molecule has 10 atom stereocenters. The van der Waals surface area contributed by atoms with Crippen LogP contribution in [0, 0.1) is 58.2 Å². The van der Waals surface area contributed by atoms with E-state index in [9.17, 15) is 4.79 Å². The molecule has 0 aliphatic heterocycles. The monoisotopic (exact) mass is 1150 g/mol. The number of Topliss-reactive ketones (excluding diaryl/α,β-unsaturated/α-hetero) is 2. The third kappa shape index (κ3) is 26.7. The summed E-state index contributed by atoms with van der Waals surface area (Å²) in [4.78, 5) is 45.3. The molecule has 0 aromatic rings. The highest BCUT2D eigenvalue weighted by Crippen LogP contribution is 2.69. The van der Waals surface area contributed by atoms with E-state index in [0.717, 1.165) is 94.8 Å². The molecule has 4 nitrogen and oxygen atoms in total. The molecule has 0 spiro atoms. The molecule has 83 heavy (non-hydrogen) atoms. The van der Waals surface area contributed by atoms with Crippen molar-refractivity contribution in [1.29, 1.82) is 0 Å². The minimum absolute atomic E-state index is 0.153. The Morgan fingerprint density at radius 1 is 0.494 bits per heavy atom. The molecular formula is C79H140O4. The van der Waals surface area contributed by atoms with Crippen molar-refractivity contribution in [2.45, 2.75) is 389 Å². The van der Waals surface area contributed by atoms with E-state index in [2.05, 4.69) is 85.8 Å². The van der Waals surface area contributed by atoms with Gasteiger partial charge in [0.25, 0.3) is 0 Å². The van der Waals surface area contributed by atoms with Gasteiger partial charge in [-0.2, -0.15) is 0 Å². The summed E-state index contributed by atoms with van der Waals surface area (Å²) in [6, 6.07) is 0. The van der Waals surface area contributed by atoms with E-state index in [4.69, 9.17) is 4.74 Å². The normalized spacial score (nSPS) is 25.5. The zero-order valence-electron chi connectivity index (χ0n) is 56.8. The number of unbranched alkanes of at least 4 members (excludes halogenated alkanes) is 34. The van der Waals surface area contributed by atoms with E-state index >= 15 is 9.59 Å². The van der Waals surface area contributed by atoms with Gasteiger partial charge in [-0.15, -0.1) is 0 Å². The number of rotatable bonds is 52. The number of fused-ring (bicyclic) bond motifs is 5. The Kier molecular flexibility index (Phi) is 39.4. The highest BCUT2D eigenvalue weighted by Gasteiger charge is 2.64. The lowest BCUT2D eigenvalue weighted by Gasteiger charge is -2.61. The summed E-state index contributed by atoms with van der Waals surface area (Å²) in [6.07, 6.45) is 72.3. The summed E-state index contributed by atoms with van der Waals surface area (Å²) < 4.78 is 6.71. The Morgan fingerprint density at radius 2 is 0.916 bits per heavy atom. The molecule has 4 aliphatic carbocycles. The first-order valence-electron chi connectivity index (χ1n) is 37.7. The molecule has 4 aliphatic rings. The van der Waals surface area contributed by atoms with Crippen LogP contribution >= 0.6 is 0 Å². The second kappa shape index (κ2) is 44.5. The van der Waals surface area contributed by atoms with Crippen LogP contribution in [-0.4, -0.2) is 23.6 Å². The molecule has 3 fully saturated rings. The average molecular weight is 1150 g/mol. The van der Waals surface area contributed by atoms with Crippen LogP contribution in [0.15, 0.2) is 36.0 Å². The van der Waals surface area contributed by atoms with Gasteiger partial charge < -0.3 is 4.74 Å². The fourth-order valence-corrected chi connectivity index (χ4v) is 17.4. The van der Waals surface area contributed by atoms with Gasteiger partial charge in [0.05, 0.1) is 5.92 Å². The molecule has 2 unspecified atom stereocenters. The Morgan fingerprint density at radius 3 is 1.37 bits per heavy atom. The van der Waals surface area contributed by atoms with Crippen LogP contribution in [0.5, 0.6) is 0 Å². The highest BCUT2D eigenvalue weighted by atomic mass is 16.5. The van der Waals surface area contributed by atoms with Gasteiger partial charge in [0, 0.05) is 37.0 Å². The van der Waals surface area contributed by atoms with Crippen LogP contribution in [0.2, 0.25) is 0 Å². The van der Waals surface area contributed by atoms with Crippen LogP contribution in [0.25, 0.3) is 0 Å². The summed E-state index contributed by atoms with van der Waals surface area (Å²) >= 11 is 0. The Labute approximate surface area is 517 Å². The molecule has 0 aromatic carbocycles.